The fourth-order valence-corrected chi connectivity index (χ4v) is 3.49. The molecule has 0 bridgehead atoms. The lowest BCUT2D eigenvalue weighted by Crippen LogP contribution is -2.34. The monoisotopic (exact) mass is 350 g/mol. The molecular weight excluding hydrogens is 328 g/mol. The van der Waals surface area contributed by atoms with Crippen LogP contribution in [0.1, 0.15) is 31.2 Å². The van der Waals surface area contributed by atoms with E-state index in [0.717, 1.165) is 42.3 Å². The molecule has 3 heterocycles. The molecule has 0 saturated heterocycles. The van der Waals surface area contributed by atoms with Crippen LogP contribution in [-0.2, 0) is 9.59 Å². The first kappa shape index (κ1) is 16.6. The van der Waals surface area contributed by atoms with Gasteiger partial charge in [-0.05, 0) is 42.5 Å². The molecule has 2 amide bonds. The molecule has 0 aromatic carbocycles. The summed E-state index contributed by atoms with van der Waals surface area (Å²) < 4.78 is 0. The van der Waals surface area contributed by atoms with Crippen molar-refractivity contribution < 1.29 is 9.59 Å². The fraction of sp³-hybridized carbons (Fsp3) is 0.350. The second kappa shape index (κ2) is 6.78. The number of H-pyrrole nitrogens is 1. The van der Waals surface area contributed by atoms with Crippen molar-refractivity contribution in [3.8, 4) is 0 Å². The van der Waals surface area contributed by atoms with E-state index in [-0.39, 0.29) is 11.9 Å². The number of fused-ring (bicyclic) bond motifs is 1. The molecule has 1 fully saturated rings. The lowest BCUT2D eigenvalue weighted by Gasteiger charge is -2.27. The number of nitrogens with zero attached hydrogens (tertiary/aromatic N) is 3. The molecule has 0 spiro atoms. The topological polar surface area (TPSA) is 69.3 Å². The zero-order valence-electron chi connectivity index (χ0n) is 14.6. The molecule has 0 atom stereocenters. The highest BCUT2D eigenvalue weighted by Crippen LogP contribution is 2.35. The van der Waals surface area contributed by atoms with E-state index >= 15 is 0 Å². The van der Waals surface area contributed by atoms with Gasteiger partial charge in [0.15, 0.2) is 0 Å². The Labute approximate surface area is 152 Å². The van der Waals surface area contributed by atoms with Crippen molar-refractivity contribution in [2.75, 3.05) is 18.0 Å². The van der Waals surface area contributed by atoms with E-state index in [4.69, 9.17) is 0 Å². The zero-order chi connectivity index (χ0) is 18.1. The fourth-order valence-electron chi connectivity index (χ4n) is 3.49. The largest absolute Gasteiger partial charge is 0.346 e. The van der Waals surface area contributed by atoms with Gasteiger partial charge in [-0.25, -0.2) is 4.98 Å². The van der Waals surface area contributed by atoms with Crippen molar-refractivity contribution in [1.82, 2.24) is 14.9 Å². The molecule has 6 heteroatoms. The van der Waals surface area contributed by atoms with Gasteiger partial charge in [0.25, 0.3) is 0 Å². The van der Waals surface area contributed by atoms with Crippen molar-refractivity contribution in [3.63, 3.8) is 0 Å². The molecule has 2 aromatic rings. The number of pyridine rings is 1. The van der Waals surface area contributed by atoms with Gasteiger partial charge in [0.05, 0.1) is 0 Å². The minimum atomic E-state index is 0.110. The van der Waals surface area contributed by atoms with Crippen LogP contribution < -0.4 is 4.90 Å². The summed E-state index contributed by atoms with van der Waals surface area (Å²) in [6.07, 6.45) is 9.73. The van der Waals surface area contributed by atoms with Crippen molar-refractivity contribution in [1.29, 1.82) is 0 Å². The third-order valence-corrected chi connectivity index (χ3v) is 5.06. The van der Waals surface area contributed by atoms with E-state index in [0.29, 0.717) is 25.3 Å². The summed E-state index contributed by atoms with van der Waals surface area (Å²) in [6, 6.07) is 4.29. The van der Waals surface area contributed by atoms with E-state index in [1.807, 2.05) is 23.2 Å². The molecule has 6 nitrogen and oxygen atoms in total. The summed E-state index contributed by atoms with van der Waals surface area (Å²) in [4.78, 5) is 35.0. The van der Waals surface area contributed by atoms with Crippen LogP contribution in [0.15, 0.2) is 37.1 Å². The molecule has 0 unspecified atom stereocenters. The summed E-state index contributed by atoms with van der Waals surface area (Å²) >= 11 is 0. The van der Waals surface area contributed by atoms with Crippen molar-refractivity contribution in [2.24, 2.45) is 0 Å². The number of carbonyl (C=O) groups excluding carboxylic acids is 2. The quantitative estimate of drug-likeness (QED) is 0.643. The lowest BCUT2D eigenvalue weighted by atomic mass is 9.97. The molecule has 2 aromatic heterocycles. The maximum Gasteiger partial charge on any atom is 0.226 e. The predicted octanol–water partition coefficient (Wildman–Crippen LogP) is 2.88. The molecular formula is C20H22N4O2. The standard InChI is InChI=1S/C20H22N4O2/c1-2-3-19(26)23-10-7-14(8-11-23)17-12-18(24(13-25)15-4-5-15)22-20-16(17)6-9-21-20/h2,6-7,9,12-13,15H,1,3-5,8,10-11H2,(H,21,22). The van der Waals surface area contributed by atoms with Gasteiger partial charge < -0.3 is 9.88 Å². The van der Waals surface area contributed by atoms with Crippen molar-refractivity contribution in [3.05, 3.63) is 42.6 Å². The number of hydrogen-bond donors (Lipinski definition) is 1. The van der Waals surface area contributed by atoms with Crippen molar-refractivity contribution in [2.45, 2.75) is 31.7 Å². The smallest absolute Gasteiger partial charge is 0.226 e. The number of aromatic amines is 1. The summed E-state index contributed by atoms with van der Waals surface area (Å²) in [7, 11) is 0. The molecule has 1 aliphatic carbocycles. The minimum absolute atomic E-state index is 0.110. The molecule has 134 valence electrons. The minimum Gasteiger partial charge on any atom is -0.346 e. The second-order valence-electron chi connectivity index (χ2n) is 6.82. The molecule has 1 N–H and O–H groups in total. The third kappa shape index (κ3) is 3.03. The Morgan fingerprint density at radius 1 is 1.46 bits per heavy atom. The average Bonchev–Trinajstić information content (AvgIpc) is 3.38. The number of carbonyl (C=O) groups is 2. The first-order valence-electron chi connectivity index (χ1n) is 9.01. The predicted molar refractivity (Wildman–Crippen MR) is 102 cm³/mol. The normalized spacial score (nSPS) is 17.1. The van der Waals surface area contributed by atoms with Crippen LogP contribution in [0.5, 0.6) is 0 Å². The van der Waals surface area contributed by atoms with Gasteiger partial charge in [0, 0.05) is 37.1 Å². The van der Waals surface area contributed by atoms with Crippen LogP contribution >= 0.6 is 0 Å². The van der Waals surface area contributed by atoms with E-state index in [2.05, 4.69) is 22.6 Å². The van der Waals surface area contributed by atoms with Gasteiger partial charge in [-0.15, -0.1) is 6.58 Å². The van der Waals surface area contributed by atoms with Gasteiger partial charge >= 0.3 is 0 Å². The van der Waals surface area contributed by atoms with E-state index in [9.17, 15) is 9.59 Å². The van der Waals surface area contributed by atoms with Gasteiger partial charge in [0.1, 0.15) is 11.5 Å². The zero-order valence-corrected chi connectivity index (χ0v) is 14.6. The highest BCUT2D eigenvalue weighted by molar-refractivity contribution is 5.93. The number of hydrogen-bond acceptors (Lipinski definition) is 3. The number of anilines is 1. The molecule has 1 saturated carbocycles. The summed E-state index contributed by atoms with van der Waals surface area (Å²) in [6.45, 7) is 4.93. The number of nitrogens with one attached hydrogen (secondary N) is 1. The Hall–Kier alpha value is -2.89. The van der Waals surface area contributed by atoms with Crippen LogP contribution in [-0.4, -0.2) is 46.3 Å². The maximum atomic E-state index is 12.0. The first-order valence-corrected chi connectivity index (χ1v) is 9.01. The summed E-state index contributed by atoms with van der Waals surface area (Å²) in [5.41, 5.74) is 3.08. The molecule has 1 aliphatic heterocycles. The van der Waals surface area contributed by atoms with Gasteiger partial charge in [-0.2, -0.15) is 0 Å². The SMILES string of the molecule is C=CCC(=O)N1CC=C(c2cc(N(C=O)C3CC3)nc3[nH]ccc23)CC1. The van der Waals surface area contributed by atoms with Gasteiger partial charge in [-0.1, -0.05) is 12.2 Å². The summed E-state index contributed by atoms with van der Waals surface area (Å²) in [5, 5.41) is 1.05. The lowest BCUT2D eigenvalue weighted by molar-refractivity contribution is -0.129. The highest BCUT2D eigenvalue weighted by atomic mass is 16.2. The Bertz CT molecular complexity index is 894. The molecule has 0 radical (unpaired) electrons. The highest BCUT2D eigenvalue weighted by Gasteiger charge is 2.30. The molecule has 26 heavy (non-hydrogen) atoms. The Balaban J connectivity index is 1.67. The van der Waals surface area contributed by atoms with Crippen LogP contribution in [0, 0.1) is 0 Å². The Kier molecular flexibility index (Phi) is 4.32. The van der Waals surface area contributed by atoms with Crippen LogP contribution in [0.2, 0.25) is 0 Å². The van der Waals surface area contributed by atoms with Crippen LogP contribution in [0.4, 0.5) is 5.82 Å². The number of rotatable bonds is 6. The molecule has 2 aliphatic rings. The average molecular weight is 350 g/mol. The Morgan fingerprint density at radius 3 is 2.96 bits per heavy atom. The van der Waals surface area contributed by atoms with Gasteiger partial charge in [0.2, 0.25) is 12.3 Å². The second-order valence-corrected chi connectivity index (χ2v) is 6.82. The molecule has 4 rings (SSSR count). The maximum absolute atomic E-state index is 12.0. The first-order chi connectivity index (χ1) is 12.7. The van der Waals surface area contributed by atoms with E-state index in [1.54, 1.807) is 11.0 Å². The Morgan fingerprint density at radius 2 is 2.31 bits per heavy atom. The van der Waals surface area contributed by atoms with Crippen molar-refractivity contribution >= 4 is 34.7 Å². The van der Waals surface area contributed by atoms with Gasteiger partial charge in [-0.3, -0.25) is 14.5 Å². The van der Waals surface area contributed by atoms with E-state index in [1.165, 1.54) is 5.57 Å². The third-order valence-electron chi connectivity index (χ3n) is 5.06. The summed E-state index contributed by atoms with van der Waals surface area (Å²) in [5.74, 6) is 0.803. The number of amides is 2. The van der Waals surface area contributed by atoms with Crippen LogP contribution in [0.25, 0.3) is 16.6 Å². The number of aromatic nitrogens is 2. The van der Waals surface area contributed by atoms with E-state index < -0.39 is 0 Å². The van der Waals surface area contributed by atoms with Crippen LogP contribution in [0.3, 0.4) is 0 Å².